The van der Waals surface area contributed by atoms with E-state index < -0.39 is 10.0 Å². The number of hydrogen-bond donors (Lipinski definition) is 0. The monoisotopic (exact) mass is 473 g/mol. The van der Waals surface area contributed by atoms with Crippen molar-refractivity contribution in [2.24, 2.45) is 0 Å². The number of hydrogen-bond acceptors (Lipinski definition) is 7. The topological polar surface area (TPSA) is 89.5 Å². The molecule has 0 N–H and O–H groups in total. The molecule has 170 valence electrons. The highest BCUT2D eigenvalue weighted by Crippen LogP contribution is 2.24. The van der Waals surface area contributed by atoms with E-state index in [9.17, 15) is 13.2 Å². The first kappa shape index (κ1) is 24.0. The standard InChI is InChI=1S/C23H27N3O4S2/c1-30-22(27)8-4-2-3-5-15-26(32(28,29)21-7-6-13-24-17-21)18-19-9-11-20(12-10-19)23-25-14-16-31-23/h6-7,9-14,16-17H,2-5,8,15,18H2,1H3. The van der Waals surface area contributed by atoms with E-state index in [-0.39, 0.29) is 17.4 Å². The number of esters is 1. The maximum absolute atomic E-state index is 13.3. The van der Waals surface area contributed by atoms with Crippen molar-refractivity contribution in [2.45, 2.75) is 43.5 Å². The number of methoxy groups -OCH3 is 1. The van der Waals surface area contributed by atoms with Gasteiger partial charge in [0, 0.05) is 49.0 Å². The van der Waals surface area contributed by atoms with E-state index in [0.29, 0.717) is 19.4 Å². The zero-order chi connectivity index (χ0) is 22.8. The van der Waals surface area contributed by atoms with E-state index in [2.05, 4.69) is 14.7 Å². The zero-order valence-corrected chi connectivity index (χ0v) is 19.6. The van der Waals surface area contributed by atoms with Gasteiger partial charge < -0.3 is 4.74 Å². The number of aromatic nitrogens is 2. The van der Waals surface area contributed by atoms with E-state index >= 15 is 0 Å². The fourth-order valence-corrected chi connectivity index (χ4v) is 5.34. The molecule has 0 fully saturated rings. The molecule has 0 aliphatic carbocycles. The van der Waals surface area contributed by atoms with Gasteiger partial charge in [0.2, 0.25) is 10.0 Å². The maximum Gasteiger partial charge on any atom is 0.305 e. The molecule has 2 aromatic heterocycles. The number of ether oxygens (including phenoxy) is 1. The summed E-state index contributed by atoms with van der Waals surface area (Å²) in [6, 6.07) is 11.0. The van der Waals surface area contributed by atoms with Gasteiger partial charge in [0.05, 0.1) is 7.11 Å². The average Bonchev–Trinajstić information content (AvgIpc) is 3.36. The van der Waals surface area contributed by atoms with E-state index in [4.69, 9.17) is 0 Å². The number of carbonyl (C=O) groups excluding carboxylic acids is 1. The van der Waals surface area contributed by atoms with Crippen LogP contribution in [0.1, 0.15) is 37.7 Å². The second kappa shape index (κ2) is 11.8. The Labute approximate surface area is 193 Å². The first-order valence-electron chi connectivity index (χ1n) is 10.5. The molecule has 0 unspecified atom stereocenters. The first-order chi connectivity index (χ1) is 15.5. The van der Waals surface area contributed by atoms with Crippen molar-refractivity contribution >= 4 is 27.3 Å². The summed E-state index contributed by atoms with van der Waals surface area (Å²) < 4.78 is 32.7. The van der Waals surface area contributed by atoms with Crippen LogP contribution in [0.5, 0.6) is 0 Å². The lowest BCUT2D eigenvalue weighted by molar-refractivity contribution is -0.140. The van der Waals surface area contributed by atoms with Crippen molar-refractivity contribution in [3.05, 3.63) is 65.9 Å². The van der Waals surface area contributed by atoms with E-state index in [1.165, 1.54) is 17.6 Å². The number of benzene rings is 1. The minimum Gasteiger partial charge on any atom is -0.469 e. The molecular formula is C23H27N3O4S2. The van der Waals surface area contributed by atoms with E-state index in [1.54, 1.807) is 35.9 Å². The van der Waals surface area contributed by atoms with Gasteiger partial charge in [-0.05, 0) is 30.5 Å². The molecule has 0 saturated heterocycles. The molecule has 0 atom stereocenters. The molecular weight excluding hydrogens is 446 g/mol. The van der Waals surface area contributed by atoms with Gasteiger partial charge >= 0.3 is 5.97 Å². The largest absolute Gasteiger partial charge is 0.469 e. The Balaban J connectivity index is 1.67. The van der Waals surface area contributed by atoms with Crippen LogP contribution in [0.2, 0.25) is 0 Å². The van der Waals surface area contributed by atoms with Gasteiger partial charge in [-0.3, -0.25) is 9.78 Å². The van der Waals surface area contributed by atoms with Crippen LogP contribution in [0.4, 0.5) is 0 Å². The minimum absolute atomic E-state index is 0.185. The number of carbonyl (C=O) groups is 1. The van der Waals surface area contributed by atoms with Crippen LogP contribution in [0.15, 0.2) is 65.3 Å². The van der Waals surface area contributed by atoms with Crippen molar-refractivity contribution in [3.63, 3.8) is 0 Å². The second-order valence-electron chi connectivity index (χ2n) is 7.30. The normalized spacial score (nSPS) is 11.6. The molecule has 1 aromatic carbocycles. The second-order valence-corrected chi connectivity index (χ2v) is 10.1. The molecule has 0 bridgehead atoms. The summed E-state index contributed by atoms with van der Waals surface area (Å²) in [6.07, 6.45) is 8.21. The lowest BCUT2D eigenvalue weighted by atomic mass is 10.1. The van der Waals surface area contributed by atoms with Crippen molar-refractivity contribution < 1.29 is 17.9 Å². The van der Waals surface area contributed by atoms with Crippen LogP contribution in [0.25, 0.3) is 10.6 Å². The molecule has 0 radical (unpaired) electrons. The predicted octanol–water partition coefficient (Wildman–Crippen LogP) is 4.52. The van der Waals surface area contributed by atoms with Gasteiger partial charge in [-0.25, -0.2) is 13.4 Å². The molecule has 0 saturated carbocycles. The van der Waals surface area contributed by atoms with Crippen LogP contribution in [-0.4, -0.2) is 42.3 Å². The minimum atomic E-state index is -3.68. The number of thiazole rings is 1. The summed E-state index contributed by atoms with van der Waals surface area (Å²) in [5.41, 5.74) is 1.92. The van der Waals surface area contributed by atoms with Crippen LogP contribution < -0.4 is 0 Å². The van der Waals surface area contributed by atoms with Gasteiger partial charge in [0.1, 0.15) is 9.90 Å². The lowest BCUT2D eigenvalue weighted by Crippen LogP contribution is -2.31. The van der Waals surface area contributed by atoms with Crippen molar-refractivity contribution in [3.8, 4) is 10.6 Å². The highest BCUT2D eigenvalue weighted by molar-refractivity contribution is 7.89. The van der Waals surface area contributed by atoms with Gasteiger partial charge in [0.15, 0.2) is 0 Å². The summed E-state index contributed by atoms with van der Waals surface area (Å²) in [5, 5.41) is 2.86. The third-order valence-electron chi connectivity index (χ3n) is 5.03. The maximum atomic E-state index is 13.3. The predicted molar refractivity (Wildman–Crippen MR) is 124 cm³/mol. The van der Waals surface area contributed by atoms with Gasteiger partial charge in [-0.1, -0.05) is 37.1 Å². The van der Waals surface area contributed by atoms with Crippen LogP contribution in [0, 0.1) is 0 Å². The summed E-state index contributed by atoms with van der Waals surface area (Å²) in [5.74, 6) is -0.216. The average molecular weight is 474 g/mol. The Morgan fingerprint density at radius 1 is 1.06 bits per heavy atom. The summed E-state index contributed by atoms with van der Waals surface area (Å²) in [4.78, 5) is 19.7. The molecule has 3 aromatic rings. The molecule has 3 rings (SSSR count). The van der Waals surface area contributed by atoms with Gasteiger partial charge in [-0.2, -0.15) is 4.31 Å². The van der Waals surface area contributed by atoms with Crippen molar-refractivity contribution in [1.82, 2.24) is 14.3 Å². The third kappa shape index (κ3) is 6.69. The molecule has 9 heteroatoms. The van der Waals surface area contributed by atoms with E-state index in [0.717, 1.165) is 35.4 Å². The molecule has 0 aliphatic rings. The summed E-state index contributed by atoms with van der Waals surface area (Å²) in [7, 11) is -2.29. The van der Waals surface area contributed by atoms with Crippen LogP contribution >= 0.6 is 11.3 Å². The number of sulfonamides is 1. The molecule has 0 aliphatic heterocycles. The highest BCUT2D eigenvalue weighted by atomic mass is 32.2. The molecule has 32 heavy (non-hydrogen) atoms. The number of rotatable bonds is 12. The Kier molecular flexibility index (Phi) is 8.90. The number of unbranched alkanes of at least 4 members (excludes halogenated alkanes) is 3. The first-order valence-corrected chi connectivity index (χ1v) is 12.8. The van der Waals surface area contributed by atoms with Gasteiger partial charge in [0.25, 0.3) is 0 Å². The Morgan fingerprint density at radius 2 is 1.84 bits per heavy atom. The number of pyridine rings is 1. The van der Waals surface area contributed by atoms with Crippen molar-refractivity contribution in [2.75, 3.05) is 13.7 Å². The quantitative estimate of drug-likeness (QED) is 0.284. The third-order valence-corrected chi connectivity index (χ3v) is 7.68. The molecule has 0 spiro atoms. The SMILES string of the molecule is COC(=O)CCCCCCN(Cc1ccc(-c2nccs2)cc1)S(=O)(=O)c1cccnc1. The highest BCUT2D eigenvalue weighted by Gasteiger charge is 2.24. The summed E-state index contributed by atoms with van der Waals surface area (Å²) in [6.45, 7) is 0.668. The van der Waals surface area contributed by atoms with Crippen LogP contribution in [-0.2, 0) is 26.1 Å². The number of nitrogens with zero attached hydrogens (tertiary/aromatic N) is 3. The molecule has 2 heterocycles. The van der Waals surface area contributed by atoms with E-state index in [1.807, 2.05) is 29.6 Å². The van der Waals surface area contributed by atoms with Crippen LogP contribution in [0.3, 0.4) is 0 Å². The fraction of sp³-hybridized carbons (Fsp3) is 0.348. The Bertz CT molecular complexity index is 1070. The lowest BCUT2D eigenvalue weighted by Gasteiger charge is -2.22. The smallest absolute Gasteiger partial charge is 0.305 e. The fourth-order valence-electron chi connectivity index (χ4n) is 3.27. The molecule has 0 amide bonds. The summed E-state index contributed by atoms with van der Waals surface area (Å²) >= 11 is 1.56. The van der Waals surface area contributed by atoms with Crippen molar-refractivity contribution in [1.29, 1.82) is 0 Å². The Hall–Kier alpha value is -2.62. The Morgan fingerprint density at radius 3 is 2.50 bits per heavy atom. The zero-order valence-electron chi connectivity index (χ0n) is 18.0. The molecule has 7 nitrogen and oxygen atoms in total. The van der Waals surface area contributed by atoms with Gasteiger partial charge in [-0.15, -0.1) is 11.3 Å².